The van der Waals surface area contributed by atoms with E-state index < -0.39 is 10.0 Å². The van der Waals surface area contributed by atoms with Gasteiger partial charge < -0.3 is 5.73 Å². The molecule has 0 saturated heterocycles. The van der Waals surface area contributed by atoms with Crippen LogP contribution < -0.4 is 10.5 Å². The highest BCUT2D eigenvalue weighted by atomic mass is 35.5. The molecular weight excluding hydrogens is 296 g/mol. The number of halogens is 1. The largest absolute Gasteiger partial charge is 0.399 e. The Bertz CT molecular complexity index is 758. The number of sulfonamides is 1. The first-order valence-corrected chi connectivity index (χ1v) is 7.81. The van der Waals surface area contributed by atoms with E-state index in [0.717, 1.165) is 5.56 Å². The smallest absolute Gasteiger partial charge is 0.262 e. The molecule has 0 heterocycles. The van der Waals surface area contributed by atoms with Crippen LogP contribution in [0.1, 0.15) is 11.1 Å². The van der Waals surface area contributed by atoms with Crippen molar-refractivity contribution >= 4 is 33.0 Å². The maximum Gasteiger partial charge on any atom is 0.262 e. The molecule has 0 fully saturated rings. The first-order valence-electron chi connectivity index (χ1n) is 5.95. The summed E-state index contributed by atoms with van der Waals surface area (Å²) in [5, 5.41) is 0.379. The number of nitrogens with one attached hydrogen (secondary N) is 1. The normalized spacial score (nSPS) is 11.3. The van der Waals surface area contributed by atoms with Gasteiger partial charge >= 0.3 is 0 Å². The molecule has 0 spiro atoms. The van der Waals surface area contributed by atoms with E-state index in [2.05, 4.69) is 4.72 Å². The summed E-state index contributed by atoms with van der Waals surface area (Å²) in [5.74, 6) is 0. The standard InChI is InChI=1S/C14H15ClN2O2S/c1-9-3-4-11(15)8-14(9)20(18,19)17-12-5-6-13(16)10(2)7-12/h3-8,17H,16H2,1-2H3. The Morgan fingerprint density at radius 3 is 2.40 bits per heavy atom. The van der Waals surface area contributed by atoms with Crippen LogP contribution in [-0.4, -0.2) is 8.42 Å². The lowest BCUT2D eigenvalue weighted by atomic mass is 10.2. The molecule has 0 unspecified atom stereocenters. The molecule has 0 bridgehead atoms. The van der Waals surface area contributed by atoms with Gasteiger partial charge in [0.2, 0.25) is 0 Å². The quantitative estimate of drug-likeness (QED) is 0.854. The van der Waals surface area contributed by atoms with Gasteiger partial charge in [-0.3, -0.25) is 4.72 Å². The Balaban J connectivity index is 2.40. The SMILES string of the molecule is Cc1cc(NS(=O)(=O)c2cc(Cl)ccc2C)ccc1N. The number of rotatable bonds is 3. The van der Waals surface area contributed by atoms with Gasteiger partial charge in [0.05, 0.1) is 4.90 Å². The molecule has 0 amide bonds. The minimum Gasteiger partial charge on any atom is -0.399 e. The number of nitrogen functional groups attached to an aromatic ring is 1. The molecule has 2 aromatic rings. The first-order chi connectivity index (χ1) is 9.29. The monoisotopic (exact) mass is 310 g/mol. The van der Waals surface area contributed by atoms with E-state index in [-0.39, 0.29) is 4.90 Å². The minimum absolute atomic E-state index is 0.166. The molecule has 0 radical (unpaired) electrons. The number of hydrogen-bond donors (Lipinski definition) is 2. The highest BCUT2D eigenvalue weighted by Gasteiger charge is 2.17. The molecule has 3 N–H and O–H groups in total. The zero-order chi connectivity index (χ0) is 14.9. The van der Waals surface area contributed by atoms with E-state index in [4.69, 9.17) is 17.3 Å². The van der Waals surface area contributed by atoms with E-state index in [9.17, 15) is 8.42 Å². The van der Waals surface area contributed by atoms with Gasteiger partial charge in [0.1, 0.15) is 0 Å². The summed E-state index contributed by atoms with van der Waals surface area (Å²) < 4.78 is 27.3. The van der Waals surface area contributed by atoms with Crippen molar-refractivity contribution in [2.45, 2.75) is 18.7 Å². The van der Waals surface area contributed by atoms with Crippen LogP contribution in [0, 0.1) is 13.8 Å². The summed E-state index contributed by atoms with van der Waals surface area (Å²) in [4.78, 5) is 0.166. The zero-order valence-corrected chi connectivity index (χ0v) is 12.7. The number of anilines is 2. The molecule has 6 heteroatoms. The van der Waals surface area contributed by atoms with Gasteiger partial charge in [-0.05, 0) is 55.3 Å². The maximum atomic E-state index is 12.4. The number of aryl methyl sites for hydroxylation is 2. The van der Waals surface area contributed by atoms with Crippen molar-refractivity contribution in [1.29, 1.82) is 0 Å². The lowest BCUT2D eigenvalue weighted by Crippen LogP contribution is -2.14. The fraction of sp³-hybridized carbons (Fsp3) is 0.143. The third-order valence-corrected chi connectivity index (χ3v) is 4.72. The summed E-state index contributed by atoms with van der Waals surface area (Å²) in [6.45, 7) is 3.54. The van der Waals surface area contributed by atoms with Crippen LogP contribution in [0.5, 0.6) is 0 Å². The molecule has 0 aliphatic carbocycles. The fourth-order valence-corrected chi connectivity index (χ4v) is 3.37. The van der Waals surface area contributed by atoms with Crippen molar-refractivity contribution in [2.24, 2.45) is 0 Å². The highest BCUT2D eigenvalue weighted by molar-refractivity contribution is 7.92. The third-order valence-electron chi connectivity index (χ3n) is 2.96. The van der Waals surface area contributed by atoms with Gasteiger partial charge in [0, 0.05) is 16.4 Å². The van der Waals surface area contributed by atoms with E-state index in [1.54, 1.807) is 37.3 Å². The van der Waals surface area contributed by atoms with Crippen LogP contribution in [-0.2, 0) is 10.0 Å². The van der Waals surface area contributed by atoms with E-state index >= 15 is 0 Å². The summed E-state index contributed by atoms with van der Waals surface area (Å²) in [6.07, 6.45) is 0. The van der Waals surface area contributed by atoms with Gasteiger partial charge in [-0.2, -0.15) is 0 Å². The fourth-order valence-electron chi connectivity index (χ4n) is 1.81. The van der Waals surface area contributed by atoms with E-state index in [1.165, 1.54) is 6.07 Å². The molecule has 2 rings (SSSR count). The molecule has 20 heavy (non-hydrogen) atoms. The van der Waals surface area contributed by atoms with E-state index in [1.807, 2.05) is 6.92 Å². The van der Waals surface area contributed by atoms with Crippen LogP contribution in [0.2, 0.25) is 5.02 Å². The van der Waals surface area contributed by atoms with Gasteiger partial charge in [-0.15, -0.1) is 0 Å². The zero-order valence-electron chi connectivity index (χ0n) is 11.1. The van der Waals surface area contributed by atoms with Crippen molar-refractivity contribution in [3.63, 3.8) is 0 Å². The summed E-state index contributed by atoms with van der Waals surface area (Å²) >= 11 is 5.86. The Morgan fingerprint density at radius 2 is 1.75 bits per heavy atom. The molecule has 106 valence electrons. The van der Waals surface area contributed by atoms with E-state index in [0.29, 0.717) is 22.0 Å². The van der Waals surface area contributed by atoms with Gasteiger partial charge in [0.15, 0.2) is 0 Å². The molecule has 2 aromatic carbocycles. The Hall–Kier alpha value is -1.72. The summed E-state index contributed by atoms with van der Waals surface area (Å²) in [6, 6.07) is 9.74. The number of nitrogens with two attached hydrogens (primary N) is 1. The Morgan fingerprint density at radius 1 is 1.05 bits per heavy atom. The van der Waals surface area contributed by atoms with Gasteiger partial charge in [-0.1, -0.05) is 17.7 Å². The van der Waals surface area contributed by atoms with Crippen LogP contribution in [0.4, 0.5) is 11.4 Å². The number of hydrogen-bond acceptors (Lipinski definition) is 3. The first kappa shape index (κ1) is 14.7. The lowest BCUT2D eigenvalue weighted by Gasteiger charge is -2.12. The maximum absolute atomic E-state index is 12.4. The predicted octanol–water partition coefficient (Wildman–Crippen LogP) is 3.34. The Labute approximate surface area is 123 Å². The topological polar surface area (TPSA) is 72.2 Å². The highest BCUT2D eigenvalue weighted by Crippen LogP contribution is 2.24. The molecular formula is C14H15ClN2O2S. The van der Waals surface area contributed by atoms with Crippen molar-refractivity contribution in [3.8, 4) is 0 Å². The average molecular weight is 311 g/mol. The minimum atomic E-state index is -3.67. The van der Waals surface area contributed by atoms with Crippen molar-refractivity contribution < 1.29 is 8.42 Å². The van der Waals surface area contributed by atoms with Crippen LogP contribution in [0.25, 0.3) is 0 Å². The Kier molecular flexibility index (Phi) is 3.92. The summed E-state index contributed by atoms with van der Waals surface area (Å²) in [7, 11) is -3.67. The number of benzene rings is 2. The predicted molar refractivity (Wildman–Crippen MR) is 82.6 cm³/mol. The van der Waals surface area contributed by atoms with Crippen LogP contribution >= 0.6 is 11.6 Å². The molecule has 4 nitrogen and oxygen atoms in total. The van der Waals surface area contributed by atoms with Crippen molar-refractivity contribution in [2.75, 3.05) is 10.5 Å². The molecule has 0 aliphatic rings. The summed E-state index contributed by atoms with van der Waals surface area (Å²) in [5.41, 5.74) is 8.25. The molecule has 0 saturated carbocycles. The second kappa shape index (κ2) is 5.34. The molecule has 0 aromatic heterocycles. The van der Waals surface area contributed by atoms with Crippen molar-refractivity contribution in [3.05, 3.63) is 52.5 Å². The van der Waals surface area contributed by atoms with Gasteiger partial charge in [-0.25, -0.2) is 8.42 Å². The lowest BCUT2D eigenvalue weighted by molar-refractivity contribution is 0.600. The van der Waals surface area contributed by atoms with Gasteiger partial charge in [0.25, 0.3) is 10.0 Å². The van der Waals surface area contributed by atoms with Crippen molar-refractivity contribution in [1.82, 2.24) is 0 Å². The van der Waals surface area contributed by atoms with Crippen LogP contribution in [0.15, 0.2) is 41.3 Å². The third kappa shape index (κ3) is 3.05. The molecule has 0 aliphatic heterocycles. The molecule has 0 atom stereocenters. The average Bonchev–Trinajstić information content (AvgIpc) is 2.36. The second-order valence-corrected chi connectivity index (χ2v) is 6.67. The second-order valence-electron chi connectivity index (χ2n) is 4.59. The van der Waals surface area contributed by atoms with Crippen LogP contribution in [0.3, 0.4) is 0 Å².